The highest BCUT2D eigenvalue weighted by Crippen LogP contribution is 2.59. The van der Waals surface area contributed by atoms with Gasteiger partial charge in [0.15, 0.2) is 25.0 Å². The van der Waals surface area contributed by atoms with Crippen molar-refractivity contribution in [2.24, 2.45) is 29.1 Å². The van der Waals surface area contributed by atoms with E-state index in [1.54, 1.807) is 5.57 Å². The van der Waals surface area contributed by atoms with E-state index in [2.05, 4.69) is 153 Å². The van der Waals surface area contributed by atoms with Crippen LogP contribution < -0.4 is 0 Å². The van der Waals surface area contributed by atoms with Gasteiger partial charge in [0.1, 0.15) is 0 Å². The second-order valence-corrected chi connectivity index (χ2v) is 35.2. The molecule has 0 radical (unpaired) electrons. The molecular weight excluding hydrogens is 649 g/mol. The van der Waals surface area contributed by atoms with Gasteiger partial charge >= 0.3 is 0 Å². The van der Waals surface area contributed by atoms with Crippen molar-refractivity contribution in [1.82, 2.24) is 0 Å². The molecule has 0 saturated heterocycles. The highest BCUT2D eigenvalue weighted by atomic mass is 28.4. The molecule has 0 aliphatic heterocycles. The quantitative estimate of drug-likeness (QED) is 0.157. The molecule has 282 valence electrons. The molecular formula is C43H80O3Si3. The van der Waals surface area contributed by atoms with Gasteiger partial charge in [-0.05, 0) is 143 Å². The van der Waals surface area contributed by atoms with Gasteiger partial charge in [0.05, 0.1) is 17.8 Å². The van der Waals surface area contributed by atoms with Crippen LogP contribution in [0.4, 0.5) is 0 Å². The molecule has 3 aliphatic carbocycles. The molecule has 7 atom stereocenters. The van der Waals surface area contributed by atoms with E-state index in [1.165, 1.54) is 37.7 Å². The third-order valence-electron chi connectivity index (χ3n) is 13.8. The SMILES string of the molecule is C=C1[C@H](O[Si](C)(C)C(C)(C)C)CC(=CC=C2CCC[C@]3(C)[C@@H]([C@@H](C)C=C[C@H](C)C(C)(C)O[Si](C)(C)C)CC[C@@H]23)C[C@H]1O[Si](C)(C)C(C)(C)C. The van der Waals surface area contributed by atoms with Gasteiger partial charge in [-0.25, -0.2) is 0 Å². The zero-order valence-electron chi connectivity index (χ0n) is 35.7. The average Bonchev–Trinajstić information content (AvgIpc) is 3.27. The van der Waals surface area contributed by atoms with Crippen molar-refractivity contribution in [3.05, 3.63) is 47.6 Å². The van der Waals surface area contributed by atoms with Crippen LogP contribution in [-0.4, -0.2) is 42.8 Å². The average molecular weight is 729 g/mol. The molecule has 0 aromatic rings. The van der Waals surface area contributed by atoms with Crippen molar-refractivity contribution in [2.75, 3.05) is 0 Å². The Bertz CT molecular complexity index is 1210. The van der Waals surface area contributed by atoms with Gasteiger partial charge in [0.2, 0.25) is 0 Å². The second kappa shape index (κ2) is 15.1. The Labute approximate surface area is 308 Å². The number of hydrogen-bond donors (Lipinski definition) is 0. The van der Waals surface area contributed by atoms with Crippen molar-refractivity contribution in [3.63, 3.8) is 0 Å². The molecule has 6 heteroatoms. The van der Waals surface area contributed by atoms with Crippen LogP contribution in [0.15, 0.2) is 47.6 Å². The van der Waals surface area contributed by atoms with Gasteiger partial charge < -0.3 is 13.3 Å². The summed E-state index contributed by atoms with van der Waals surface area (Å²) in [7, 11) is -5.58. The summed E-state index contributed by atoms with van der Waals surface area (Å²) in [6, 6.07) is 0. The molecule has 0 spiro atoms. The maximum atomic E-state index is 7.12. The highest BCUT2D eigenvalue weighted by Gasteiger charge is 2.50. The molecule has 0 N–H and O–H groups in total. The summed E-state index contributed by atoms with van der Waals surface area (Å²) in [4.78, 5) is 0. The zero-order chi connectivity index (χ0) is 37.6. The lowest BCUT2D eigenvalue weighted by Gasteiger charge is -2.46. The Morgan fingerprint density at radius 1 is 0.776 bits per heavy atom. The van der Waals surface area contributed by atoms with Crippen LogP contribution in [0.25, 0.3) is 0 Å². The standard InChI is InChI=1S/C43H80O3Si3/c1-31(22-23-32(2)42(10,11)46-47(13,14)15)36-26-27-37-35(21-20-28-43(36,37)12)25-24-34-29-38(44-48(16,17)40(4,5)6)33(3)39(30-34)45-49(18,19)41(7,8)9/h22-25,31-32,36-39H,3,20-21,26-30H2,1-2,4-19H3/t31-,32-,36+,37-,38+,39+,43+/m0/s1. The molecule has 0 aromatic heterocycles. The van der Waals surface area contributed by atoms with Crippen molar-refractivity contribution >= 4 is 25.0 Å². The van der Waals surface area contributed by atoms with Gasteiger partial charge in [-0.15, -0.1) is 0 Å². The molecule has 3 rings (SSSR count). The van der Waals surface area contributed by atoms with E-state index in [1.807, 2.05) is 0 Å². The lowest BCUT2D eigenvalue weighted by Crippen LogP contribution is -2.49. The van der Waals surface area contributed by atoms with E-state index in [0.717, 1.165) is 24.3 Å². The van der Waals surface area contributed by atoms with Crippen molar-refractivity contribution in [2.45, 2.75) is 195 Å². The Hall–Kier alpha value is -0.509. The first-order valence-electron chi connectivity index (χ1n) is 19.8. The molecule has 3 fully saturated rings. The van der Waals surface area contributed by atoms with E-state index in [9.17, 15) is 0 Å². The lowest BCUT2D eigenvalue weighted by molar-refractivity contribution is 0.0632. The molecule has 0 amide bonds. The Kier molecular flexibility index (Phi) is 13.2. The summed E-state index contributed by atoms with van der Waals surface area (Å²) in [6.45, 7) is 47.1. The molecule has 0 unspecified atom stereocenters. The first kappa shape index (κ1) is 42.9. The predicted octanol–water partition coefficient (Wildman–Crippen LogP) is 13.6. The number of hydrogen-bond acceptors (Lipinski definition) is 3. The smallest absolute Gasteiger partial charge is 0.192 e. The topological polar surface area (TPSA) is 27.7 Å². The fourth-order valence-corrected chi connectivity index (χ4v) is 12.8. The maximum absolute atomic E-state index is 7.12. The van der Waals surface area contributed by atoms with E-state index in [4.69, 9.17) is 13.3 Å². The summed E-state index contributed by atoms with van der Waals surface area (Å²) >= 11 is 0. The van der Waals surface area contributed by atoms with E-state index < -0.39 is 25.0 Å². The fourth-order valence-electron chi connectivity index (χ4n) is 8.42. The van der Waals surface area contributed by atoms with Crippen LogP contribution in [0.2, 0.25) is 55.9 Å². The first-order valence-corrected chi connectivity index (χ1v) is 29.0. The number of fused-ring (bicyclic) bond motifs is 1. The van der Waals surface area contributed by atoms with E-state index >= 15 is 0 Å². The highest BCUT2D eigenvalue weighted by molar-refractivity contribution is 6.74. The summed E-state index contributed by atoms with van der Waals surface area (Å²) in [5, 5.41) is 0.306. The minimum Gasteiger partial charge on any atom is -0.412 e. The molecule has 0 aromatic carbocycles. The predicted molar refractivity (Wildman–Crippen MR) is 223 cm³/mol. The molecule has 0 heterocycles. The van der Waals surface area contributed by atoms with Gasteiger partial charge in [0.25, 0.3) is 0 Å². The van der Waals surface area contributed by atoms with E-state index in [-0.39, 0.29) is 27.9 Å². The Morgan fingerprint density at radius 3 is 1.76 bits per heavy atom. The summed E-state index contributed by atoms with van der Waals surface area (Å²) in [5.74, 6) is 2.37. The first-order chi connectivity index (χ1) is 22.0. The monoisotopic (exact) mass is 729 g/mol. The number of allylic oxidation sites excluding steroid dienone is 4. The van der Waals surface area contributed by atoms with Gasteiger partial charge in [0, 0.05) is 5.92 Å². The van der Waals surface area contributed by atoms with Crippen LogP contribution in [0, 0.1) is 29.1 Å². The molecule has 3 aliphatic rings. The Morgan fingerprint density at radius 2 is 1.29 bits per heavy atom. The van der Waals surface area contributed by atoms with Crippen molar-refractivity contribution in [1.29, 1.82) is 0 Å². The van der Waals surface area contributed by atoms with Crippen LogP contribution in [-0.2, 0) is 13.3 Å². The minimum atomic E-state index is -1.98. The molecule has 3 nitrogen and oxygen atoms in total. The molecule has 49 heavy (non-hydrogen) atoms. The summed E-state index contributed by atoms with van der Waals surface area (Å²) in [6.07, 6.45) is 18.5. The zero-order valence-corrected chi connectivity index (χ0v) is 38.7. The van der Waals surface area contributed by atoms with Gasteiger partial charge in [-0.2, -0.15) is 0 Å². The third-order valence-corrected chi connectivity index (χ3v) is 23.9. The van der Waals surface area contributed by atoms with Gasteiger partial charge in [-0.1, -0.05) is 104 Å². The maximum Gasteiger partial charge on any atom is 0.192 e. The van der Waals surface area contributed by atoms with E-state index in [0.29, 0.717) is 23.2 Å². The van der Waals surface area contributed by atoms with Crippen LogP contribution in [0.3, 0.4) is 0 Å². The third kappa shape index (κ3) is 10.3. The molecule has 3 saturated carbocycles. The fraction of sp³-hybridized carbons (Fsp3) is 0.814. The normalized spacial score (nSPS) is 30.2. The van der Waals surface area contributed by atoms with Crippen molar-refractivity contribution in [3.8, 4) is 0 Å². The summed E-state index contributed by atoms with van der Waals surface area (Å²) < 4.78 is 20.8. The van der Waals surface area contributed by atoms with Crippen LogP contribution >= 0.6 is 0 Å². The Balaban J connectivity index is 1.86. The minimum absolute atomic E-state index is 0.0256. The second-order valence-electron chi connectivity index (χ2n) is 21.2. The van der Waals surface area contributed by atoms with Crippen molar-refractivity contribution < 1.29 is 13.3 Å². The number of rotatable bonds is 11. The van der Waals surface area contributed by atoms with Gasteiger partial charge in [-0.3, -0.25) is 0 Å². The lowest BCUT2D eigenvalue weighted by atomic mass is 9.61. The largest absolute Gasteiger partial charge is 0.412 e. The molecule has 0 bridgehead atoms. The van der Waals surface area contributed by atoms with Crippen LogP contribution in [0.5, 0.6) is 0 Å². The summed E-state index contributed by atoms with van der Waals surface area (Å²) in [5.41, 5.74) is 4.55. The van der Waals surface area contributed by atoms with Crippen LogP contribution in [0.1, 0.15) is 121 Å².